The molecule has 0 bridgehead atoms. The number of hydrogen-bond donors (Lipinski definition) is 0. The molecule has 0 aromatic rings. The summed E-state index contributed by atoms with van der Waals surface area (Å²) in [6, 6.07) is 0. The van der Waals surface area contributed by atoms with E-state index >= 15 is 0 Å². The average molecular weight is 234 g/mol. The second-order valence-corrected chi connectivity index (χ2v) is 6.08. The van der Waals surface area contributed by atoms with Crippen LogP contribution in [-0.4, -0.2) is 30.4 Å². The zero-order valence-corrected chi connectivity index (χ0v) is 11.8. The molecule has 0 heterocycles. The molecule has 0 aromatic heterocycles. The van der Waals surface area contributed by atoms with E-state index in [0.717, 1.165) is 18.9 Å². The summed E-state index contributed by atoms with van der Waals surface area (Å²) in [7, 11) is 1.52. The van der Waals surface area contributed by atoms with Crippen molar-refractivity contribution in [1.82, 2.24) is 0 Å². The molecule has 0 unspecified atom stereocenters. The molecule has 0 atom stereocenters. The van der Waals surface area contributed by atoms with Crippen molar-refractivity contribution >= 4 is 9.53 Å². The van der Waals surface area contributed by atoms with Gasteiger partial charge in [0, 0.05) is 20.8 Å². The van der Waals surface area contributed by atoms with Gasteiger partial charge in [0.1, 0.15) is 0 Å². The summed E-state index contributed by atoms with van der Waals surface area (Å²) in [5.41, 5.74) is 0. The Labute approximate surface area is 96.1 Å². The Kier molecular flexibility index (Phi) is 10.7. The van der Waals surface area contributed by atoms with Gasteiger partial charge >= 0.3 is 9.53 Å². The molecular weight excluding hydrogens is 208 g/mol. The van der Waals surface area contributed by atoms with Crippen LogP contribution < -0.4 is 0 Å². The third-order valence-electron chi connectivity index (χ3n) is 2.31. The number of unbranched alkanes of at least 4 members (excludes halogenated alkanes) is 3. The SMILES string of the molecule is CO[SiH](OC)OCCCCCCC(C)C. The molecular formula is C11H26O3Si. The lowest BCUT2D eigenvalue weighted by Crippen LogP contribution is -2.24. The summed E-state index contributed by atoms with van der Waals surface area (Å²) in [6.45, 7) is 5.33. The smallest absolute Gasteiger partial charge is 0.379 e. The summed E-state index contributed by atoms with van der Waals surface area (Å²) >= 11 is 0. The zero-order chi connectivity index (χ0) is 11.5. The Morgan fingerprint density at radius 3 is 2.07 bits per heavy atom. The average Bonchev–Trinajstić information content (AvgIpc) is 2.22. The van der Waals surface area contributed by atoms with Crippen molar-refractivity contribution in [1.29, 1.82) is 0 Å². The fourth-order valence-corrected chi connectivity index (χ4v) is 2.24. The fourth-order valence-electron chi connectivity index (χ4n) is 1.42. The summed E-state index contributed by atoms with van der Waals surface area (Å²) in [5.74, 6) is 0.833. The van der Waals surface area contributed by atoms with Crippen LogP contribution in [0.4, 0.5) is 0 Å². The van der Waals surface area contributed by atoms with E-state index in [0.29, 0.717) is 0 Å². The first-order chi connectivity index (χ1) is 7.20. The van der Waals surface area contributed by atoms with Crippen LogP contribution in [-0.2, 0) is 13.3 Å². The first-order valence-electron chi connectivity index (χ1n) is 5.88. The Morgan fingerprint density at radius 1 is 0.933 bits per heavy atom. The minimum atomic E-state index is -1.77. The monoisotopic (exact) mass is 234 g/mol. The van der Waals surface area contributed by atoms with Crippen LogP contribution in [0.25, 0.3) is 0 Å². The van der Waals surface area contributed by atoms with Crippen molar-refractivity contribution in [2.45, 2.75) is 46.0 Å². The van der Waals surface area contributed by atoms with Gasteiger partial charge in [-0.25, -0.2) is 0 Å². The molecule has 0 spiro atoms. The van der Waals surface area contributed by atoms with Gasteiger partial charge in [-0.3, -0.25) is 0 Å². The van der Waals surface area contributed by atoms with Crippen molar-refractivity contribution in [3.63, 3.8) is 0 Å². The topological polar surface area (TPSA) is 27.7 Å². The highest BCUT2D eigenvalue weighted by molar-refractivity contribution is 6.36. The Hall–Kier alpha value is 0.0969. The molecule has 0 aromatic carbocycles. The van der Waals surface area contributed by atoms with Gasteiger partial charge in [0.15, 0.2) is 0 Å². The van der Waals surface area contributed by atoms with Gasteiger partial charge < -0.3 is 13.3 Å². The number of hydrogen-bond acceptors (Lipinski definition) is 3. The van der Waals surface area contributed by atoms with E-state index in [4.69, 9.17) is 13.3 Å². The van der Waals surface area contributed by atoms with Crippen LogP contribution in [0.15, 0.2) is 0 Å². The van der Waals surface area contributed by atoms with Gasteiger partial charge in [-0.05, 0) is 12.3 Å². The quantitative estimate of drug-likeness (QED) is 0.429. The molecule has 0 aliphatic rings. The summed E-state index contributed by atoms with van der Waals surface area (Å²) in [4.78, 5) is 0. The zero-order valence-electron chi connectivity index (χ0n) is 10.6. The lowest BCUT2D eigenvalue weighted by molar-refractivity contribution is 0.133. The van der Waals surface area contributed by atoms with Gasteiger partial charge in [-0.1, -0.05) is 39.5 Å². The maximum atomic E-state index is 5.46. The molecule has 0 aliphatic carbocycles. The second kappa shape index (κ2) is 10.6. The molecule has 0 saturated heterocycles. The summed E-state index contributed by atoms with van der Waals surface area (Å²) in [5, 5.41) is 0. The highest BCUT2D eigenvalue weighted by Crippen LogP contribution is 2.09. The van der Waals surface area contributed by atoms with Crippen LogP contribution in [0.1, 0.15) is 46.0 Å². The van der Waals surface area contributed by atoms with Gasteiger partial charge in [-0.2, -0.15) is 0 Å². The van der Waals surface area contributed by atoms with E-state index in [1.165, 1.54) is 25.7 Å². The van der Waals surface area contributed by atoms with E-state index < -0.39 is 9.53 Å². The normalized spacial score (nSPS) is 11.6. The largest absolute Gasteiger partial charge is 0.483 e. The van der Waals surface area contributed by atoms with Crippen LogP contribution in [0, 0.1) is 5.92 Å². The van der Waals surface area contributed by atoms with Gasteiger partial charge in [0.05, 0.1) is 0 Å². The third kappa shape index (κ3) is 10.4. The molecule has 0 fully saturated rings. The Bertz CT molecular complexity index is 127. The molecule has 0 rings (SSSR count). The van der Waals surface area contributed by atoms with Crippen molar-refractivity contribution in [3.8, 4) is 0 Å². The highest BCUT2D eigenvalue weighted by Gasteiger charge is 2.09. The van der Waals surface area contributed by atoms with Crippen LogP contribution in [0.5, 0.6) is 0 Å². The van der Waals surface area contributed by atoms with Crippen LogP contribution in [0.3, 0.4) is 0 Å². The predicted molar refractivity (Wildman–Crippen MR) is 65.0 cm³/mol. The Morgan fingerprint density at radius 2 is 1.53 bits per heavy atom. The molecule has 0 aliphatic heterocycles. The molecule has 4 heteroatoms. The molecule has 3 nitrogen and oxygen atoms in total. The van der Waals surface area contributed by atoms with Gasteiger partial charge in [-0.15, -0.1) is 0 Å². The first-order valence-corrected chi connectivity index (χ1v) is 7.29. The van der Waals surface area contributed by atoms with E-state index in [-0.39, 0.29) is 0 Å². The summed E-state index contributed by atoms with van der Waals surface area (Å²) in [6.07, 6.45) is 6.37. The van der Waals surface area contributed by atoms with Crippen molar-refractivity contribution < 1.29 is 13.3 Å². The van der Waals surface area contributed by atoms with Gasteiger partial charge in [0.25, 0.3) is 0 Å². The second-order valence-electron chi connectivity index (χ2n) is 4.23. The molecule has 0 N–H and O–H groups in total. The molecule has 0 radical (unpaired) electrons. The fraction of sp³-hybridized carbons (Fsp3) is 1.00. The Balaban J connectivity index is 3.10. The molecule has 0 saturated carbocycles. The molecule has 15 heavy (non-hydrogen) atoms. The van der Waals surface area contributed by atoms with E-state index in [9.17, 15) is 0 Å². The van der Waals surface area contributed by atoms with E-state index in [1.807, 2.05) is 0 Å². The minimum Gasteiger partial charge on any atom is -0.379 e. The maximum Gasteiger partial charge on any atom is 0.483 e. The number of rotatable bonds is 10. The van der Waals surface area contributed by atoms with E-state index in [1.54, 1.807) is 14.2 Å². The van der Waals surface area contributed by atoms with E-state index in [2.05, 4.69) is 13.8 Å². The summed E-state index contributed by atoms with van der Waals surface area (Å²) < 4.78 is 15.6. The van der Waals surface area contributed by atoms with Crippen molar-refractivity contribution in [2.24, 2.45) is 5.92 Å². The third-order valence-corrected chi connectivity index (χ3v) is 3.59. The molecule has 92 valence electrons. The van der Waals surface area contributed by atoms with Crippen LogP contribution in [0.2, 0.25) is 0 Å². The lowest BCUT2D eigenvalue weighted by atomic mass is 10.0. The molecule has 0 amide bonds. The lowest BCUT2D eigenvalue weighted by Gasteiger charge is -2.11. The van der Waals surface area contributed by atoms with Gasteiger partial charge in [0.2, 0.25) is 0 Å². The highest BCUT2D eigenvalue weighted by atomic mass is 28.3. The first kappa shape index (κ1) is 15.1. The minimum absolute atomic E-state index is 0.778. The van der Waals surface area contributed by atoms with Crippen LogP contribution >= 0.6 is 0 Å². The standard InChI is InChI=1S/C11H26O3Si/c1-11(2)9-7-5-6-8-10-14-15(12-3)13-4/h11,15H,5-10H2,1-4H3. The van der Waals surface area contributed by atoms with Crippen molar-refractivity contribution in [3.05, 3.63) is 0 Å². The predicted octanol–water partition coefficient (Wildman–Crippen LogP) is 2.62. The maximum absolute atomic E-state index is 5.46. The van der Waals surface area contributed by atoms with Crippen molar-refractivity contribution in [2.75, 3.05) is 20.8 Å².